The number of rotatable bonds is 11. The smallest absolute Gasteiger partial charge is 0.475 e. The van der Waals surface area contributed by atoms with Crippen molar-refractivity contribution in [1.82, 2.24) is 0 Å². The van der Waals surface area contributed by atoms with Crippen molar-refractivity contribution in [1.29, 1.82) is 0 Å². The average Bonchev–Trinajstić information content (AvgIpc) is 2.50. The highest BCUT2D eigenvalue weighted by molar-refractivity contribution is 5.73. The molecule has 0 heterocycles. The van der Waals surface area contributed by atoms with Crippen LogP contribution in [0.25, 0.3) is 0 Å². The summed E-state index contributed by atoms with van der Waals surface area (Å²) in [5.74, 6) is -2.76. The second kappa shape index (κ2) is 13.7. The molecule has 0 saturated carbocycles. The van der Waals surface area contributed by atoms with Gasteiger partial charge >= 0.3 is 12.1 Å². The minimum Gasteiger partial charge on any atom is -0.475 e. The standard InChI is InChI=1S/C16H34.C2HF3O2/c1-5-9-10-11-12-13-14-15-16(6-2,7-3)8-4;3-2(4,5)1(6)7/h5-15H2,1-4H3;(H,6,7). The normalized spacial score (nSPS) is 11.8. The molecule has 0 unspecified atom stereocenters. The summed E-state index contributed by atoms with van der Waals surface area (Å²) in [5, 5.41) is 7.12. The van der Waals surface area contributed by atoms with Crippen molar-refractivity contribution in [2.24, 2.45) is 5.41 Å². The molecule has 0 bridgehead atoms. The van der Waals surface area contributed by atoms with Crippen LogP contribution >= 0.6 is 0 Å². The van der Waals surface area contributed by atoms with E-state index < -0.39 is 12.1 Å². The Morgan fingerprint density at radius 1 is 0.783 bits per heavy atom. The molecule has 0 aliphatic carbocycles. The van der Waals surface area contributed by atoms with Crippen LogP contribution in [0.2, 0.25) is 0 Å². The molecule has 0 radical (unpaired) electrons. The molecule has 2 nitrogen and oxygen atoms in total. The summed E-state index contributed by atoms with van der Waals surface area (Å²) in [5.41, 5.74) is 0.670. The lowest BCUT2D eigenvalue weighted by molar-refractivity contribution is -0.192. The number of alkyl halides is 3. The van der Waals surface area contributed by atoms with E-state index in [4.69, 9.17) is 9.90 Å². The van der Waals surface area contributed by atoms with Crippen molar-refractivity contribution in [3.8, 4) is 0 Å². The van der Waals surface area contributed by atoms with E-state index in [1.54, 1.807) is 0 Å². The number of carboxylic acid groups (broad SMARTS) is 1. The van der Waals surface area contributed by atoms with Gasteiger partial charge in [0.1, 0.15) is 0 Å². The Morgan fingerprint density at radius 2 is 1.13 bits per heavy atom. The topological polar surface area (TPSA) is 37.3 Å². The van der Waals surface area contributed by atoms with Crippen LogP contribution in [0.15, 0.2) is 0 Å². The third kappa shape index (κ3) is 13.4. The molecule has 0 aliphatic heterocycles. The first-order valence-electron chi connectivity index (χ1n) is 8.99. The zero-order valence-corrected chi connectivity index (χ0v) is 15.3. The Hall–Kier alpha value is -0.740. The van der Waals surface area contributed by atoms with E-state index in [1.165, 1.54) is 70.6 Å². The fourth-order valence-corrected chi connectivity index (χ4v) is 2.74. The van der Waals surface area contributed by atoms with Gasteiger partial charge in [-0.05, 0) is 11.8 Å². The molecule has 0 spiro atoms. The van der Waals surface area contributed by atoms with Gasteiger partial charge in [-0.25, -0.2) is 4.79 Å². The highest BCUT2D eigenvalue weighted by Gasteiger charge is 2.38. The van der Waals surface area contributed by atoms with Crippen LogP contribution in [0.3, 0.4) is 0 Å². The molecule has 0 aromatic heterocycles. The van der Waals surface area contributed by atoms with Crippen LogP contribution in [0.5, 0.6) is 0 Å². The van der Waals surface area contributed by atoms with E-state index in [2.05, 4.69) is 27.7 Å². The maximum absolute atomic E-state index is 10.6. The van der Waals surface area contributed by atoms with Crippen LogP contribution in [-0.4, -0.2) is 17.3 Å². The van der Waals surface area contributed by atoms with Gasteiger partial charge in [-0.3, -0.25) is 0 Å². The highest BCUT2D eigenvalue weighted by Crippen LogP contribution is 2.36. The molecule has 0 amide bonds. The van der Waals surface area contributed by atoms with Crippen molar-refractivity contribution in [3.63, 3.8) is 0 Å². The number of halogens is 3. The second-order valence-corrected chi connectivity index (χ2v) is 6.23. The summed E-state index contributed by atoms with van der Waals surface area (Å²) in [4.78, 5) is 8.90. The van der Waals surface area contributed by atoms with E-state index in [1.807, 2.05) is 0 Å². The highest BCUT2D eigenvalue weighted by atomic mass is 19.4. The molecule has 0 aliphatic rings. The average molecular weight is 340 g/mol. The van der Waals surface area contributed by atoms with E-state index in [0.29, 0.717) is 5.41 Å². The summed E-state index contributed by atoms with van der Waals surface area (Å²) in [6, 6.07) is 0. The van der Waals surface area contributed by atoms with Gasteiger partial charge in [0.25, 0.3) is 0 Å². The largest absolute Gasteiger partial charge is 0.490 e. The molecule has 0 saturated heterocycles. The maximum atomic E-state index is 10.6. The van der Waals surface area contributed by atoms with Gasteiger partial charge in [-0.2, -0.15) is 13.2 Å². The molecule has 0 aromatic rings. The molecule has 0 rings (SSSR count). The van der Waals surface area contributed by atoms with E-state index in [-0.39, 0.29) is 0 Å². The number of carbonyl (C=O) groups is 1. The van der Waals surface area contributed by atoms with Crippen LogP contribution in [0.1, 0.15) is 98.3 Å². The SMILES string of the molecule is CCCCCCCCCC(CC)(CC)CC.O=C(O)C(F)(F)F. The quantitative estimate of drug-likeness (QED) is 0.412. The van der Waals surface area contributed by atoms with Gasteiger partial charge in [0.05, 0.1) is 0 Å². The number of hydrogen-bond acceptors (Lipinski definition) is 1. The third-order valence-electron chi connectivity index (χ3n) is 4.80. The number of hydrogen-bond donors (Lipinski definition) is 1. The summed E-state index contributed by atoms with van der Waals surface area (Å²) in [6.07, 6.45) is 10.6. The molecular formula is C18H35F3O2. The summed E-state index contributed by atoms with van der Waals surface area (Å²) in [7, 11) is 0. The monoisotopic (exact) mass is 340 g/mol. The van der Waals surface area contributed by atoms with Gasteiger partial charge in [0.15, 0.2) is 0 Å². The molecule has 0 fully saturated rings. The molecule has 5 heteroatoms. The molecule has 0 atom stereocenters. The van der Waals surface area contributed by atoms with Crippen molar-refractivity contribution in [3.05, 3.63) is 0 Å². The predicted octanol–water partition coefficient (Wildman–Crippen LogP) is 6.98. The first-order chi connectivity index (χ1) is 10.7. The van der Waals surface area contributed by atoms with Crippen molar-refractivity contribution in [2.45, 2.75) is 105 Å². The predicted molar refractivity (Wildman–Crippen MR) is 89.6 cm³/mol. The lowest BCUT2D eigenvalue weighted by Crippen LogP contribution is -2.21. The minimum absolute atomic E-state index is 0.670. The first-order valence-corrected chi connectivity index (χ1v) is 8.99. The van der Waals surface area contributed by atoms with Crippen LogP contribution < -0.4 is 0 Å². The first kappa shape index (κ1) is 24.5. The van der Waals surface area contributed by atoms with Crippen LogP contribution in [0, 0.1) is 5.41 Å². The van der Waals surface area contributed by atoms with E-state index in [0.717, 1.165) is 0 Å². The summed E-state index contributed by atoms with van der Waals surface area (Å²) >= 11 is 0. The zero-order chi connectivity index (χ0) is 18.4. The Labute approximate surface area is 139 Å². The third-order valence-corrected chi connectivity index (χ3v) is 4.80. The Kier molecular flexibility index (Phi) is 14.6. The van der Waals surface area contributed by atoms with Crippen molar-refractivity contribution >= 4 is 5.97 Å². The fourth-order valence-electron chi connectivity index (χ4n) is 2.74. The summed E-state index contributed by atoms with van der Waals surface area (Å²) < 4.78 is 31.7. The van der Waals surface area contributed by atoms with Crippen LogP contribution in [-0.2, 0) is 4.79 Å². The summed E-state index contributed by atoms with van der Waals surface area (Å²) in [6.45, 7) is 9.40. The van der Waals surface area contributed by atoms with E-state index in [9.17, 15) is 13.2 Å². The minimum atomic E-state index is -5.08. The number of aliphatic carboxylic acids is 1. The van der Waals surface area contributed by atoms with Gasteiger partial charge in [-0.15, -0.1) is 0 Å². The Balaban J connectivity index is 0. The lowest BCUT2D eigenvalue weighted by atomic mass is 9.75. The van der Waals surface area contributed by atoms with Crippen molar-refractivity contribution in [2.75, 3.05) is 0 Å². The Morgan fingerprint density at radius 3 is 1.43 bits per heavy atom. The number of unbranched alkanes of at least 4 members (excludes halogenated alkanes) is 6. The molecule has 1 N–H and O–H groups in total. The molecular weight excluding hydrogens is 305 g/mol. The van der Waals surface area contributed by atoms with E-state index >= 15 is 0 Å². The second-order valence-electron chi connectivity index (χ2n) is 6.23. The van der Waals surface area contributed by atoms with Gasteiger partial charge < -0.3 is 5.11 Å². The van der Waals surface area contributed by atoms with Crippen LogP contribution in [0.4, 0.5) is 13.2 Å². The zero-order valence-electron chi connectivity index (χ0n) is 15.3. The fraction of sp³-hybridized carbons (Fsp3) is 0.944. The van der Waals surface area contributed by atoms with Gasteiger partial charge in [0, 0.05) is 0 Å². The Bertz CT molecular complexity index is 276. The van der Waals surface area contributed by atoms with Gasteiger partial charge in [0.2, 0.25) is 0 Å². The molecule has 140 valence electrons. The number of carboxylic acids is 1. The molecule has 23 heavy (non-hydrogen) atoms. The lowest BCUT2D eigenvalue weighted by Gasteiger charge is -2.30. The maximum Gasteiger partial charge on any atom is 0.490 e. The van der Waals surface area contributed by atoms with Crippen molar-refractivity contribution < 1.29 is 23.1 Å². The van der Waals surface area contributed by atoms with Gasteiger partial charge in [-0.1, -0.05) is 91.9 Å². The molecule has 0 aromatic carbocycles.